The van der Waals surface area contributed by atoms with Crippen LogP contribution in [-0.4, -0.2) is 32.4 Å². The molecule has 6 nitrogen and oxygen atoms in total. The van der Waals surface area contributed by atoms with E-state index in [1.807, 2.05) is 18.2 Å². The van der Waals surface area contributed by atoms with E-state index in [-0.39, 0.29) is 25.1 Å². The summed E-state index contributed by atoms with van der Waals surface area (Å²) in [5.74, 6) is 1.45. The second-order valence-electron chi connectivity index (χ2n) is 5.44. The standard InChI is InChI=1S/C18H20O6/c1-20-15-6-2-3-7-16(15)22-12-14-8-9-17(24-14)18(19)23-11-13-5-4-10-21-13/h2-3,6-9,13H,4-5,10-12H2,1H3/t13-/m0/s1. The van der Waals surface area contributed by atoms with Gasteiger partial charge in [0, 0.05) is 6.61 Å². The van der Waals surface area contributed by atoms with E-state index in [1.54, 1.807) is 25.3 Å². The zero-order chi connectivity index (χ0) is 16.8. The highest BCUT2D eigenvalue weighted by Gasteiger charge is 2.19. The molecule has 1 atom stereocenters. The lowest BCUT2D eigenvalue weighted by Gasteiger charge is -2.09. The van der Waals surface area contributed by atoms with Gasteiger partial charge in [0.25, 0.3) is 0 Å². The molecule has 0 bridgehead atoms. The van der Waals surface area contributed by atoms with Crippen molar-refractivity contribution >= 4 is 5.97 Å². The number of para-hydroxylation sites is 2. The first-order valence-corrected chi connectivity index (χ1v) is 7.89. The van der Waals surface area contributed by atoms with Crippen molar-refractivity contribution in [2.24, 2.45) is 0 Å². The molecule has 3 rings (SSSR count). The lowest BCUT2D eigenvalue weighted by atomic mass is 10.2. The van der Waals surface area contributed by atoms with Crippen LogP contribution in [0.3, 0.4) is 0 Å². The van der Waals surface area contributed by atoms with Crippen LogP contribution in [0, 0.1) is 0 Å². The van der Waals surface area contributed by atoms with Crippen molar-refractivity contribution in [3.63, 3.8) is 0 Å². The van der Waals surface area contributed by atoms with Crippen LogP contribution in [0.25, 0.3) is 0 Å². The number of carbonyl (C=O) groups is 1. The Bertz CT molecular complexity index is 672. The van der Waals surface area contributed by atoms with Crippen LogP contribution >= 0.6 is 0 Å². The number of carbonyl (C=O) groups excluding carboxylic acids is 1. The quantitative estimate of drug-likeness (QED) is 0.725. The highest BCUT2D eigenvalue weighted by molar-refractivity contribution is 5.86. The minimum absolute atomic E-state index is 0.00254. The predicted molar refractivity (Wildman–Crippen MR) is 85.3 cm³/mol. The van der Waals surface area contributed by atoms with Gasteiger partial charge >= 0.3 is 5.97 Å². The molecule has 0 aliphatic carbocycles. The van der Waals surface area contributed by atoms with Gasteiger partial charge in [-0.1, -0.05) is 12.1 Å². The Morgan fingerprint density at radius 1 is 1.21 bits per heavy atom. The topological polar surface area (TPSA) is 67.1 Å². The van der Waals surface area contributed by atoms with Crippen LogP contribution in [0.1, 0.15) is 29.2 Å². The van der Waals surface area contributed by atoms with Crippen LogP contribution in [0.4, 0.5) is 0 Å². The number of furan rings is 1. The Kier molecular flexibility index (Phi) is 5.38. The Balaban J connectivity index is 1.52. The molecule has 128 valence electrons. The van der Waals surface area contributed by atoms with Crippen LogP contribution in [0.2, 0.25) is 0 Å². The van der Waals surface area contributed by atoms with Gasteiger partial charge in [-0.2, -0.15) is 0 Å². The van der Waals surface area contributed by atoms with Gasteiger partial charge in [0.2, 0.25) is 5.76 Å². The maximum atomic E-state index is 12.0. The number of rotatable bonds is 7. The van der Waals surface area contributed by atoms with Crippen LogP contribution in [0.15, 0.2) is 40.8 Å². The number of esters is 1. The number of ether oxygens (including phenoxy) is 4. The van der Waals surface area contributed by atoms with Crippen LogP contribution in [0.5, 0.6) is 11.5 Å². The zero-order valence-electron chi connectivity index (χ0n) is 13.5. The van der Waals surface area contributed by atoms with E-state index in [1.165, 1.54) is 0 Å². The summed E-state index contributed by atoms with van der Waals surface area (Å²) in [5.41, 5.74) is 0. The third-order valence-corrected chi connectivity index (χ3v) is 3.73. The highest BCUT2D eigenvalue weighted by Crippen LogP contribution is 2.26. The Hall–Kier alpha value is -2.47. The molecule has 1 fully saturated rings. The molecule has 6 heteroatoms. The maximum absolute atomic E-state index is 12.0. The molecule has 0 spiro atoms. The van der Waals surface area contributed by atoms with E-state index in [4.69, 9.17) is 23.4 Å². The summed E-state index contributed by atoms with van der Waals surface area (Å²) in [6.07, 6.45) is 1.92. The molecule has 0 saturated carbocycles. The van der Waals surface area contributed by atoms with Crippen molar-refractivity contribution in [3.8, 4) is 11.5 Å². The average molecular weight is 332 g/mol. The zero-order valence-corrected chi connectivity index (χ0v) is 13.5. The third-order valence-electron chi connectivity index (χ3n) is 3.73. The number of methoxy groups -OCH3 is 1. The summed E-state index contributed by atoms with van der Waals surface area (Å²) in [7, 11) is 1.58. The Labute approximate surface area is 140 Å². The fourth-order valence-corrected chi connectivity index (χ4v) is 2.47. The van der Waals surface area contributed by atoms with Crippen molar-refractivity contribution in [3.05, 3.63) is 47.9 Å². The fraction of sp³-hybridized carbons (Fsp3) is 0.389. The largest absolute Gasteiger partial charge is 0.493 e. The second-order valence-corrected chi connectivity index (χ2v) is 5.44. The minimum Gasteiger partial charge on any atom is -0.493 e. The SMILES string of the molecule is COc1ccccc1OCc1ccc(C(=O)OC[C@@H]2CCCO2)o1. The maximum Gasteiger partial charge on any atom is 0.374 e. The summed E-state index contributed by atoms with van der Waals surface area (Å²) in [6, 6.07) is 10.6. The van der Waals surface area contributed by atoms with Crippen molar-refractivity contribution in [1.82, 2.24) is 0 Å². The third kappa shape index (κ3) is 4.08. The first-order chi connectivity index (χ1) is 11.8. The highest BCUT2D eigenvalue weighted by atomic mass is 16.6. The van der Waals surface area contributed by atoms with Gasteiger partial charge in [-0.3, -0.25) is 0 Å². The average Bonchev–Trinajstić information content (AvgIpc) is 3.30. The lowest BCUT2D eigenvalue weighted by Crippen LogP contribution is -2.17. The van der Waals surface area contributed by atoms with Crippen molar-refractivity contribution in [2.75, 3.05) is 20.3 Å². The molecule has 1 aliphatic rings. The summed E-state index contributed by atoms with van der Waals surface area (Å²) in [4.78, 5) is 12.0. The predicted octanol–water partition coefficient (Wildman–Crippen LogP) is 3.20. The summed E-state index contributed by atoms with van der Waals surface area (Å²) in [5, 5.41) is 0. The molecule has 0 radical (unpaired) electrons. The smallest absolute Gasteiger partial charge is 0.374 e. The van der Waals surface area contributed by atoms with Crippen molar-refractivity contribution in [2.45, 2.75) is 25.6 Å². The van der Waals surface area contributed by atoms with Gasteiger partial charge in [0.15, 0.2) is 11.5 Å². The van der Waals surface area contributed by atoms with Gasteiger partial charge in [0.1, 0.15) is 19.0 Å². The molecule has 2 aromatic rings. The molecule has 24 heavy (non-hydrogen) atoms. The van der Waals surface area contributed by atoms with E-state index < -0.39 is 5.97 Å². The number of benzene rings is 1. The molecule has 2 heterocycles. The molecule has 0 unspecified atom stereocenters. The summed E-state index contributed by atoms with van der Waals surface area (Å²) < 4.78 is 27.0. The first-order valence-electron chi connectivity index (χ1n) is 7.89. The molecule has 1 saturated heterocycles. The van der Waals surface area contributed by atoms with Gasteiger partial charge in [-0.05, 0) is 37.1 Å². The Morgan fingerprint density at radius 2 is 2.04 bits per heavy atom. The normalized spacial score (nSPS) is 16.8. The van der Waals surface area contributed by atoms with Crippen LogP contribution < -0.4 is 9.47 Å². The van der Waals surface area contributed by atoms with Gasteiger partial charge in [0.05, 0.1) is 13.2 Å². The van der Waals surface area contributed by atoms with Crippen molar-refractivity contribution < 1.29 is 28.2 Å². The van der Waals surface area contributed by atoms with Crippen molar-refractivity contribution in [1.29, 1.82) is 0 Å². The van der Waals surface area contributed by atoms with E-state index in [0.29, 0.717) is 17.3 Å². The molecule has 1 aromatic carbocycles. The minimum atomic E-state index is -0.492. The molecular weight excluding hydrogens is 312 g/mol. The van der Waals surface area contributed by atoms with E-state index in [2.05, 4.69) is 0 Å². The molecule has 0 N–H and O–H groups in total. The molecule has 1 aromatic heterocycles. The number of hydrogen-bond acceptors (Lipinski definition) is 6. The van der Waals surface area contributed by atoms with E-state index in [9.17, 15) is 4.79 Å². The van der Waals surface area contributed by atoms with Gasteiger partial charge < -0.3 is 23.4 Å². The summed E-state index contributed by atoms with van der Waals surface area (Å²) in [6.45, 7) is 1.18. The lowest BCUT2D eigenvalue weighted by molar-refractivity contribution is 0.0134. The van der Waals surface area contributed by atoms with Gasteiger partial charge in [-0.25, -0.2) is 4.79 Å². The number of hydrogen-bond donors (Lipinski definition) is 0. The monoisotopic (exact) mass is 332 g/mol. The first kappa shape index (κ1) is 16.4. The second kappa shape index (κ2) is 7.88. The molecule has 1 aliphatic heterocycles. The van der Waals surface area contributed by atoms with Crippen LogP contribution in [-0.2, 0) is 16.1 Å². The molecular formula is C18H20O6. The van der Waals surface area contributed by atoms with E-state index >= 15 is 0 Å². The fourth-order valence-electron chi connectivity index (χ4n) is 2.47. The Morgan fingerprint density at radius 3 is 2.79 bits per heavy atom. The van der Waals surface area contributed by atoms with Gasteiger partial charge in [-0.15, -0.1) is 0 Å². The molecule has 0 amide bonds. The van der Waals surface area contributed by atoms with E-state index in [0.717, 1.165) is 19.4 Å². The summed E-state index contributed by atoms with van der Waals surface area (Å²) >= 11 is 0.